The number of anilines is 1. The van der Waals surface area contributed by atoms with Crippen LogP contribution in [-0.4, -0.2) is 25.1 Å². The van der Waals surface area contributed by atoms with Crippen molar-refractivity contribution < 1.29 is 9.18 Å². The molecule has 0 aromatic heterocycles. The number of carbonyl (C=O) groups excluding carboxylic acids is 1. The molecule has 0 atom stereocenters. The average Bonchev–Trinajstić information content (AvgIpc) is 3.16. The van der Waals surface area contributed by atoms with E-state index < -0.39 is 6.03 Å². The summed E-state index contributed by atoms with van der Waals surface area (Å²) in [5.41, 5.74) is 1.58. The molecule has 11 heteroatoms. The number of urea groups is 1. The lowest BCUT2D eigenvalue weighted by atomic mass is 10.2. The number of nitrogens with one attached hydrogen (secondary N) is 3. The fourth-order valence-electron chi connectivity index (χ4n) is 2.54. The number of halogens is 4. The molecule has 0 aliphatic carbocycles. The molecule has 28 heavy (non-hydrogen) atoms. The summed E-state index contributed by atoms with van der Waals surface area (Å²) in [6, 6.07) is 8.54. The van der Waals surface area contributed by atoms with E-state index in [4.69, 9.17) is 23.2 Å². The van der Waals surface area contributed by atoms with Gasteiger partial charge in [0.05, 0.1) is 16.6 Å². The monoisotopic (exact) mass is 463 g/mol. The second kappa shape index (κ2) is 10.1. The molecule has 1 aliphatic rings. The highest BCUT2D eigenvalue weighted by Crippen LogP contribution is 2.38. The maximum Gasteiger partial charge on any atom is 0.331 e. The van der Waals surface area contributed by atoms with Crippen LogP contribution in [0.4, 0.5) is 20.6 Å². The van der Waals surface area contributed by atoms with Gasteiger partial charge in [-0.2, -0.15) is 0 Å². The van der Waals surface area contributed by atoms with Crippen molar-refractivity contribution in [1.29, 1.82) is 0 Å². The van der Waals surface area contributed by atoms with Crippen LogP contribution in [0.25, 0.3) is 0 Å². The van der Waals surface area contributed by atoms with Crippen molar-refractivity contribution in [2.24, 2.45) is 4.99 Å². The van der Waals surface area contributed by atoms with Gasteiger partial charge in [0.15, 0.2) is 5.96 Å². The van der Waals surface area contributed by atoms with Gasteiger partial charge in [0.2, 0.25) is 0 Å². The van der Waals surface area contributed by atoms with Crippen molar-refractivity contribution in [2.45, 2.75) is 6.54 Å². The first-order chi connectivity index (χ1) is 13.0. The van der Waals surface area contributed by atoms with E-state index in [0.29, 0.717) is 17.3 Å². The van der Waals surface area contributed by atoms with E-state index in [1.165, 1.54) is 17.0 Å². The van der Waals surface area contributed by atoms with E-state index in [9.17, 15) is 9.18 Å². The molecule has 1 fully saturated rings. The van der Waals surface area contributed by atoms with E-state index in [1.54, 1.807) is 24.3 Å². The summed E-state index contributed by atoms with van der Waals surface area (Å²) >= 11 is 16.5. The van der Waals surface area contributed by atoms with Crippen molar-refractivity contribution in [1.82, 2.24) is 15.4 Å². The number of carbonyl (C=O) groups is 1. The quantitative estimate of drug-likeness (QED) is 0.510. The number of thiol groups is 1. The van der Waals surface area contributed by atoms with Crippen LogP contribution in [-0.2, 0) is 6.54 Å². The number of nitrogens with zero attached hydrogens (tertiary/aromatic N) is 2. The van der Waals surface area contributed by atoms with E-state index in [0.717, 1.165) is 18.7 Å². The van der Waals surface area contributed by atoms with Gasteiger partial charge in [0.1, 0.15) is 11.5 Å². The SMILES string of the molecule is Cl.O=C(NS)N(Cc1ccc(F)cc1)c1cc(Cl)c(N=C2NCCN2)c(Cl)c1. The molecule has 0 radical (unpaired) electrons. The van der Waals surface area contributed by atoms with E-state index >= 15 is 0 Å². The number of amides is 2. The number of rotatable bonds is 4. The minimum Gasteiger partial charge on any atom is -0.354 e. The Morgan fingerprint density at radius 3 is 2.29 bits per heavy atom. The number of benzene rings is 2. The molecule has 2 aromatic carbocycles. The largest absolute Gasteiger partial charge is 0.354 e. The zero-order valence-corrected chi connectivity index (χ0v) is 17.6. The van der Waals surface area contributed by atoms with Gasteiger partial charge in [-0.15, -0.1) is 12.4 Å². The van der Waals surface area contributed by atoms with E-state index in [2.05, 4.69) is 33.2 Å². The van der Waals surface area contributed by atoms with Crippen molar-refractivity contribution in [3.63, 3.8) is 0 Å². The lowest BCUT2D eigenvalue weighted by Gasteiger charge is -2.23. The summed E-state index contributed by atoms with van der Waals surface area (Å²) in [4.78, 5) is 18.1. The first kappa shape index (κ1) is 22.4. The second-order valence-corrected chi connectivity index (χ2v) is 6.74. The zero-order chi connectivity index (χ0) is 19.4. The van der Waals surface area contributed by atoms with Crippen LogP contribution >= 0.6 is 48.4 Å². The molecular weight excluding hydrogens is 448 g/mol. The molecule has 6 nitrogen and oxygen atoms in total. The predicted molar refractivity (Wildman–Crippen MR) is 117 cm³/mol. The van der Waals surface area contributed by atoms with Crippen molar-refractivity contribution in [3.05, 3.63) is 57.8 Å². The van der Waals surface area contributed by atoms with Gasteiger partial charge in [0, 0.05) is 18.8 Å². The van der Waals surface area contributed by atoms with Crippen molar-refractivity contribution in [2.75, 3.05) is 18.0 Å². The lowest BCUT2D eigenvalue weighted by molar-refractivity contribution is 0.251. The number of guanidine groups is 1. The van der Waals surface area contributed by atoms with Crippen LogP contribution < -0.4 is 20.3 Å². The number of hydrogen-bond donors (Lipinski definition) is 4. The van der Waals surface area contributed by atoms with Crippen LogP contribution in [0.1, 0.15) is 5.56 Å². The summed E-state index contributed by atoms with van der Waals surface area (Å²) in [7, 11) is 0. The standard InChI is InChI=1S/C17H16Cl2FN5OS.ClH/c18-13-7-12(8-14(19)15(13)23-16-21-5-6-22-16)25(17(26)24-27)9-10-1-3-11(20)4-2-10;/h1-4,7-8,27H,5-6,9H2,(H,24,26)(H2,21,22,23);1H. The Balaban J connectivity index is 0.00000280. The Kier molecular flexibility index (Phi) is 8.06. The lowest BCUT2D eigenvalue weighted by Crippen LogP contribution is -2.35. The molecule has 0 saturated carbocycles. The third-order valence-electron chi connectivity index (χ3n) is 3.84. The molecule has 1 saturated heterocycles. The first-order valence-corrected chi connectivity index (χ1v) is 9.20. The van der Waals surface area contributed by atoms with Gasteiger partial charge < -0.3 is 10.6 Å². The third-order valence-corrected chi connectivity index (χ3v) is 4.61. The van der Waals surface area contributed by atoms with Crippen molar-refractivity contribution in [3.8, 4) is 0 Å². The molecular formula is C17H17Cl3FN5OS. The zero-order valence-electron chi connectivity index (χ0n) is 14.4. The van der Waals surface area contributed by atoms with Crippen molar-refractivity contribution >= 4 is 71.8 Å². The predicted octanol–water partition coefficient (Wildman–Crippen LogP) is 4.30. The minimum atomic E-state index is -0.479. The fourth-order valence-corrected chi connectivity index (χ4v) is 3.22. The Morgan fingerprint density at radius 1 is 1.18 bits per heavy atom. The molecule has 1 aliphatic heterocycles. The molecule has 3 N–H and O–H groups in total. The van der Waals surface area contributed by atoms with Crippen LogP contribution in [0.2, 0.25) is 10.0 Å². The normalized spacial score (nSPS) is 12.5. The van der Waals surface area contributed by atoms with Gasteiger partial charge >= 0.3 is 6.03 Å². The number of hydrogen-bond acceptors (Lipinski definition) is 3. The second-order valence-electron chi connectivity index (χ2n) is 5.70. The molecule has 0 unspecified atom stereocenters. The van der Waals surface area contributed by atoms with Crippen LogP contribution in [0.5, 0.6) is 0 Å². The molecule has 2 amide bonds. The topological polar surface area (TPSA) is 68.8 Å². The Hall–Kier alpha value is -1.87. The highest BCUT2D eigenvalue weighted by atomic mass is 35.5. The Bertz CT molecular complexity index is 851. The molecule has 150 valence electrons. The van der Waals surface area contributed by atoms with E-state index in [-0.39, 0.29) is 34.8 Å². The van der Waals surface area contributed by atoms with Gasteiger partial charge in [-0.3, -0.25) is 9.62 Å². The van der Waals surface area contributed by atoms with Gasteiger partial charge in [-0.1, -0.05) is 48.1 Å². The van der Waals surface area contributed by atoms with Gasteiger partial charge in [-0.05, 0) is 29.8 Å². The maximum atomic E-state index is 13.1. The molecule has 0 bridgehead atoms. The van der Waals surface area contributed by atoms with Crippen LogP contribution in [0, 0.1) is 5.82 Å². The Labute approximate surface area is 183 Å². The molecule has 3 rings (SSSR count). The summed E-state index contributed by atoms with van der Waals surface area (Å²) in [6.45, 7) is 1.70. The average molecular weight is 465 g/mol. The van der Waals surface area contributed by atoms with Crippen LogP contribution in [0.3, 0.4) is 0 Å². The fraction of sp³-hybridized carbons (Fsp3) is 0.176. The smallest absolute Gasteiger partial charge is 0.331 e. The highest BCUT2D eigenvalue weighted by molar-refractivity contribution is 7.78. The summed E-state index contributed by atoms with van der Waals surface area (Å²) in [5.74, 6) is 0.232. The Morgan fingerprint density at radius 2 is 1.75 bits per heavy atom. The van der Waals surface area contributed by atoms with E-state index in [1.807, 2.05) is 0 Å². The third kappa shape index (κ3) is 5.35. The first-order valence-electron chi connectivity index (χ1n) is 7.99. The van der Waals surface area contributed by atoms with Crippen LogP contribution in [0.15, 0.2) is 41.4 Å². The van der Waals surface area contributed by atoms with Gasteiger partial charge in [0.25, 0.3) is 0 Å². The molecule has 1 heterocycles. The maximum absolute atomic E-state index is 13.1. The minimum absolute atomic E-state index is 0. The molecule has 0 spiro atoms. The summed E-state index contributed by atoms with van der Waals surface area (Å²) in [6.07, 6.45) is 0. The summed E-state index contributed by atoms with van der Waals surface area (Å²) < 4.78 is 15.4. The van der Waals surface area contributed by atoms with Gasteiger partial charge in [-0.25, -0.2) is 14.2 Å². The highest BCUT2D eigenvalue weighted by Gasteiger charge is 2.19. The molecule has 2 aromatic rings. The summed E-state index contributed by atoms with van der Waals surface area (Å²) in [5, 5.41) is 6.71. The number of aliphatic imine (C=N–C) groups is 1.